The summed E-state index contributed by atoms with van der Waals surface area (Å²) in [6, 6.07) is 9.83. The maximum absolute atomic E-state index is 13.3. The summed E-state index contributed by atoms with van der Waals surface area (Å²) in [5.41, 5.74) is 0.580. The molecule has 0 aliphatic heterocycles. The van der Waals surface area contributed by atoms with Crippen LogP contribution in [0.4, 0.5) is 4.39 Å². The lowest BCUT2D eigenvalue weighted by atomic mass is 10.2. The van der Waals surface area contributed by atoms with E-state index >= 15 is 0 Å². The van der Waals surface area contributed by atoms with E-state index in [2.05, 4.69) is 4.98 Å². The van der Waals surface area contributed by atoms with Crippen molar-refractivity contribution in [2.45, 2.75) is 16.7 Å². The van der Waals surface area contributed by atoms with Crippen LogP contribution in [0.1, 0.15) is 5.56 Å². The second kappa shape index (κ2) is 5.06. The third-order valence-corrected chi connectivity index (χ3v) is 5.20. The molecule has 0 amide bonds. The normalized spacial score (nSPS) is 11.7. The van der Waals surface area contributed by atoms with Crippen LogP contribution in [0.25, 0.3) is 10.9 Å². The maximum Gasteiger partial charge on any atom is 0.211 e. The molecule has 0 atom stereocenters. The average Bonchev–Trinajstić information content (AvgIpc) is 2.48. The molecule has 0 radical (unpaired) electrons. The van der Waals surface area contributed by atoms with E-state index in [1.165, 1.54) is 24.3 Å². The van der Waals surface area contributed by atoms with Crippen LogP contribution in [0.3, 0.4) is 0 Å². The Morgan fingerprint density at radius 2 is 1.73 bits per heavy atom. The van der Waals surface area contributed by atoms with Gasteiger partial charge in [0, 0.05) is 17.1 Å². The van der Waals surface area contributed by atoms with Crippen molar-refractivity contribution in [3.8, 4) is 0 Å². The molecule has 0 fully saturated rings. The molecule has 0 aliphatic carbocycles. The predicted molar refractivity (Wildman–Crippen MR) is 81.2 cm³/mol. The zero-order valence-corrected chi connectivity index (χ0v) is 12.4. The van der Waals surface area contributed by atoms with Gasteiger partial charge in [0.05, 0.1) is 4.90 Å². The Balaban J connectivity index is 2.27. The van der Waals surface area contributed by atoms with Gasteiger partial charge in [0.2, 0.25) is 15.3 Å². The van der Waals surface area contributed by atoms with Crippen molar-refractivity contribution in [1.82, 2.24) is 4.98 Å². The molecule has 112 valence electrons. The first-order valence-corrected chi connectivity index (χ1v) is 8.00. The predicted octanol–water partition coefficient (Wildman–Crippen LogP) is 2.81. The fourth-order valence-corrected chi connectivity index (χ4v) is 3.53. The molecular formula is C16H12FNO3S. The van der Waals surface area contributed by atoms with E-state index in [-0.39, 0.29) is 10.3 Å². The van der Waals surface area contributed by atoms with Crippen LogP contribution in [-0.2, 0) is 9.84 Å². The summed E-state index contributed by atoms with van der Waals surface area (Å²) in [5, 5.41) is 0.00758. The van der Waals surface area contributed by atoms with Crippen molar-refractivity contribution >= 4 is 20.7 Å². The van der Waals surface area contributed by atoms with Crippen molar-refractivity contribution in [2.24, 2.45) is 0 Å². The standard InChI is InChI=1S/C16H12FNO3S/c1-10-2-5-12(6-3-10)22(20,21)15-9-18-14-7-4-11(17)8-13(14)16(15)19/h2-9H,1H3,(H,18,19). The molecule has 0 bridgehead atoms. The largest absolute Gasteiger partial charge is 0.360 e. The molecule has 3 aromatic rings. The van der Waals surface area contributed by atoms with Gasteiger partial charge in [-0.25, -0.2) is 12.8 Å². The first kappa shape index (κ1) is 14.5. The number of fused-ring (bicyclic) bond motifs is 1. The molecular weight excluding hydrogens is 305 g/mol. The number of halogens is 1. The Bertz CT molecular complexity index is 1020. The number of rotatable bonds is 2. The van der Waals surface area contributed by atoms with Crippen molar-refractivity contribution in [3.63, 3.8) is 0 Å². The molecule has 1 N–H and O–H groups in total. The summed E-state index contributed by atoms with van der Waals surface area (Å²) in [6.45, 7) is 1.84. The first-order valence-electron chi connectivity index (χ1n) is 6.52. The number of hydrogen-bond donors (Lipinski definition) is 1. The van der Waals surface area contributed by atoms with Crippen molar-refractivity contribution < 1.29 is 12.8 Å². The smallest absolute Gasteiger partial charge is 0.211 e. The molecule has 0 saturated heterocycles. The molecule has 0 saturated carbocycles. The fourth-order valence-electron chi connectivity index (χ4n) is 2.22. The maximum atomic E-state index is 13.3. The number of pyridine rings is 1. The van der Waals surface area contributed by atoms with Crippen LogP contribution in [0.15, 0.2) is 63.2 Å². The van der Waals surface area contributed by atoms with E-state index < -0.39 is 26.0 Å². The van der Waals surface area contributed by atoms with Crippen LogP contribution in [0.5, 0.6) is 0 Å². The van der Waals surface area contributed by atoms with Crippen molar-refractivity contribution in [2.75, 3.05) is 0 Å². The number of aromatic amines is 1. The molecule has 1 heterocycles. The third kappa shape index (κ3) is 2.31. The summed E-state index contributed by atoms with van der Waals surface area (Å²) >= 11 is 0. The number of aromatic nitrogens is 1. The summed E-state index contributed by atoms with van der Waals surface area (Å²) in [4.78, 5) is 14.8. The SMILES string of the molecule is Cc1ccc(S(=O)(=O)c2c[nH]c3ccc(F)cc3c2=O)cc1. The molecule has 2 aromatic carbocycles. The van der Waals surface area contributed by atoms with Gasteiger partial charge in [-0.3, -0.25) is 4.79 Å². The van der Waals surface area contributed by atoms with Crippen LogP contribution in [0, 0.1) is 12.7 Å². The number of nitrogens with one attached hydrogen (secondary N) is 1. The van der Waals surface area contributed by atoms with Gasteiger partial charge in [0.1, 0.15) is 10.7 Å². The zero-order valence-electron chi connectivity index (χ0n) is 11.6. The Morgan fingerprint density at radius 1 is 1.05 bits per heavy atom. The highest BCUT2D eigenvalue weighted by Crippen LogP contribution is 2.20. The quantitative estimate of drug-likeness (QED) is 0.790. The minimum absolute atomic E-state index is 0.00758. The lowest BCUT2D eigenvalue weighted by molar-refractivity contribution is 0.595. The van der Waals surface area contributed by atoms with E-state index in [1.54, 1.807) is 12.1 Å². The Morgan fingerprint density at radius 3 is 2.41 bits per heavy atom. The molecule has 0 unspecified atom stereocenters. The topological polar surface area (TPSA) is 67.0 Å². The fraction of sp³-hybridized carbons (Fsp3) is 0.0625. The van der Waals surface area contributed by atoms with Crippen molar-refractivity contribution in [3.05, 3.63) is 70.3 Å². The summed E-state index contributed by atoms with van der Waals surface area (Å²) < 4.78 is 38.5. The van der Waals surface area contributed by atoms with E-state index in [0.29, 0.717) is 5.52 Å². The van der Waals surface area contributed by atoms with Crippen LogP contribution < -0.4 is 5.43 Å². The second-order valence-electron chi connectivity index (χ2n) is 4.99. The van der Waals surface area contributed by atoms with Gasteiger partial charge in [-0.05, 0) is 37.3 Å². The Hall–Kier alpha value is -2.47. The number of benzene rings is 2. The molecule has 3 rings (SSSR count). The van der Waals surface area contributed by atoms with Crippen LogP contribution in [0.2, 0.25) is 0 Å². The zero-order chi connectivity index (χ0) is 15.9. The van der Waals surface area contributed by atoms with Gasteiger partial charge in [-0.15, -0.1) is 0 Å². The highest BCUT2D eigenvalue weighted by atomic mass is 32.2. The van der Waals surface area contributed by atoms with E-state index in [0.717, 1.165) is 17.8 Å². The molecule has 0 aliphatic rings. The minimum atomic E-state index is -3.96. The van der Waals surface area contributed by atoms with E-state index in [9.17, 15) is 17.6 Å². The number of H-pyrrole nitrogens is 1. The Kier molecular flexibility index (Phi) is 3.33. The molecule has 0 spiro atoms. The molecule has 22 heavy (non-hydrogen) atoms. The number of aryl methyl sites for hydroxylation is 1. The van der Waals surface area contributed by atoms with E-state index in [1.807, 2.05) is 6.92 Å². The third-order valence-electron chi connectivity index (χ3n) is 3.43. The average molecular weight is 317 g/mol. The van der Waals surface area contributed by atoms with Gasteiger partial charge in [0.15, 0.2) is 0 Å². The van der Waals surface area contributed by atoms with Gasteiger partial charge >= 0.3 is 0 Å². The monoisotopic (exact) mass is 317 g/mol. The Labute approximate surface area is 126 Å². The lowest BCUT2D eigenvalue weighted by Gasteiger charge is -2.06. The highest BCUT2D eigenvalue weighted by molar-refractivity contribution is 7.91. The lowest BCUT2D eigenvalue weighted by Crippen LogP contribution is -2.16. The van der Waals surface area contributed by atoms with Gasteiger partial charge in [-0.1, -0.05) is 17.7 Å². The van der Waals surface area contributed by atoms with Crippen LogP contribution >= 0.6 is 0 Å². The molecule has 6 heteroatoms. The van der Waals surface area contributed by atoms with Gasteiger partial charge < -0.3 is 4.98 Å². The highest BCUT2D eigenvalue weighted by Gasteiger charge is 2.22. The van der Waals surface area contributed by atoms with Gasteiger partial charge in [0.25, 0.3) is 0 Å². The molecule has 1 aromatic heterocycles. The summed E-state index contributed by atoms with van der Waals surface area (Å²) in [6.07, 6.45) is 1.15. The summed E-state index contributed by atoms with van der Waals surface area (Å²) in [7, 11) is -3.96. The van der Waals surface area contributed by atoms with E-state index in [4.69, 9.17) is 0 Å². The number of hydrogen-bond acceptors (Lipinski definition) is 3. The van der Waals surface area contributed by atoms with Crippen molar-refractivity contribution in [1.29, 1.82) is 0 Å². The van der Waals surface area contributed by atoms with Crippen LogP contribution in [-0.4, -0.2) is 13.4 Å². The first-order chi connectivity index (χ1) is 10.4. The second-order valence-corrected chi connectivity index (χ2v) is 6.91. The number of sulfone groups is 1. The summed E-state index contributed by atoms with van der Waals surface area (Å²) in [5.74, 6) is -0.595. The molecule has 4 nitrogen and oxygen atoms in total. The minimum Gasteiger partial charge on any atom is -0.360 e. The van der Waals surface area contributed by atoms with Gasteiger partial charge in [-0.2, -0.15) is 0 Å².